The zero-order chi connectivity index (χ0) is 19.6. The predicted octanol–water partition coefficient (Wildman–Crippen LogP) is 3.76. The van der Waals surface area contributed by atoms with Gasteiger partial charge in [0, 0.05) is 18.7 Å². The molecule has 0 aliphatic carbocycles. The molecular formula is C19H15F4NO3. The molecule has 0 radical (unpaired) electrons. The lowest BCUT2D eigenvalue weighted by atomic mass is 10.1. The lowest BCUT2D eigenvalue weighted by molar-refractivity contribution is -0.140. The van der Waals surface area contributed by atoms with Crippen LogP contribution in [0, 0.1) is 23.3 Å². The first-order chi connectivity index (χ1) is 12.9. The number of carbonyl (C=O) groups excluding carboxylic acids is 2. The summed E-state index contributed by atoms with van der Waals surface area (Å²) in [5, 5.41) is 0. The van der Waals surface area contributed by atoms with E-state index in [4.69, 9.17) is 4.74 Å². The second kappa shape index (κ2) is 7.77. The van der Waals surface area contributed by atoms with Gasteiger partial charge in [-0.05, 0) is 18.9 Å². The van der Waals surface area contributed by atoms with Gasteiger partial charge < -0.3 is 9.64 Å². The van der Waals surface area contributed by atoms with E-state index in [1.165, 1.54) is 17.0 Å². The fraction of sp³-hybridized carbons (Fsp3) is 0.263. The number of carbonyl (C=O) groups is 2. The van der Waals surface area contributed by atoms with Gasteiger partial charge >= 0.3 is 5.97 Å². The van der Waals surface area contributed by atoms with Crippen LogP contribution in [-0.4, -0.2) is 29.9 Å². The first-order valence-electron chi connectivity index (χ1n) is 8.28. The molecule has 1 heterocycles. The minimum absolute atomic E-state index is 0.207. The molecule has 1 atom stereocenters. The minimum atomic E-state index is -2.12. The summed E-state index contributed by atoms with van der Waals surface area (Å²) < 4.78 is 58.8. The van der Waals surface area contributed by atoms with Crippen LogP contribution in [0.4, 0.5) is 17.6 Å². The van der Waals surface area contributed by atoms with Gasteiger partial charge in [-0.15, -0.1) is 0 Å². The number of hydrogen-bond acceptors (Lipinski definition) is 3. The van der Waals surface area contributed by atoms with E-state index in [2.05, 4.69) is 0 Å². The van der Waals surface area contributed by atoms with Crippen LogP contribution in [0.1, 0.15) is 34.9 Å². The van der Waals surface area contributed by atoms with Crippen LogP contribution in [0.5, 0.6) is 0 Å². The fourth-order valence-corrected chi connectivity index (χ4v) is 2.88. The largest absolute Gasteiger partial charge is 0.444 e. The Kier molecular flexibility index (Phi) is 5.43. The van der Waals surface area contributed by atoms with E-state index in [1.807, 2.05) is 0 Å². The maximum absolute atomic E-state index is 13.9. The van der Waals surface area contributed by atoms with Crippen LogP contribution in [0.3, 0.4) is 0 Å². The van der Waals surface area contributed by atoms with E-state index in [-0.39, 0.29) is 6.07 Å². The van der Waals surface area contributed by atoms with Crippen molar-refractivity contribution in [2.24, 2.45) is 0 Å². The smallest absolute Gasteiger partial charge is 0.342 e. The standard InChI is InChI=1S/C19H15F4NO3/c20-13-10-12(14(21)16(23)15(13)22)19(26)27-17(11-6-2-1-3-7-11)18(25)24-8-4-5-9-24/h1-3,6-7,10,17H,4-5,8-9H2/t17-/m1/s1. The number of esters is 1. The molecular weight excluding hydrogens is 366 g/mol. The van der Waals surface area contributed by atoms with E-state index in [0.717, 1.165) is 12.8 Å². The highest BCUT2D eigenvalue weighted by Crippen LogP contribution is 2.26. The van der Waals surface area contributed by atoms with Crippen molar-refractivity contribution in [1.29, 1.82) is 0 Å². The van der Waals surface area contributed by atoms with Crippen LogP contribution in [0.25, 0.3) is 0 Å². The molecule has 0 N–H and O–H groups in total. The SMILES string of the molecule is O=C(O[C@@H](C(=O)N1CCCC1)c1ccccc1)c1cc(F)c(F)c(F)c1F. The summed E-state index contributed by atoms with van der Waals surface area (Å²) in [4.78, 5) is 26.5. The molecule has 0 aromatic heterocycles. The first kappa shape index (κ1) is 18.9. The molecule has 1 saturated heterocycles. The van der Waals surface area contributed by atoms with Gasteiger partial charge in [0.05, 0.1) is 0 Å². The van der Waals surface area contributed by atoms with Gasteiger partial charge in [0.1, 0.15) is 5.56 Å². The van der Waals surface area contributed by atoms with Crippen LogP contribution in [0.15, 0.2) is 36.4 Å². The molecule has 8 heteroatoms. The van der Waals surface area contributed by atoms with Crippen molar-refractivity contribution in [1.82, 2.24) is 4.90 Å². The van der Waals surface area contributed by atoms with E-state index >= 15 is 0 Å². The number of hydrogen-bond donors (Lipinski definition) is 0. The van der Waals surface area contributed by atoms with Gasteiger partial charge in [-0.1, -0.05) is 30.3 Å². The van der Waals surface area contributed by atoms with E-state index in [0.29, 0.717) is 18.7 Å². The molecule has 1 amide bonds. The van der Waals surface area contributed by atoms with Crippen molar-refractivity contribution in [2.45, 2.75) is 18.9 Å². The van der Waals surface area contributed by atoms with Gasteiger partial charge in [-0.2, -0.15) is 0 Å². The van der Waals surface area contributed by atoms with Crippen LogP contribution < -0.4 is 0 Å². The zero-order valence-electron chi connectivity index (χ0n) is 14.1. The molecule has 27 heavy (non-hydrogen) atoms. The Morgan fingerprint density at radius 1 is 0.926 bits per heavy atom. The molecule has 1 aliphatic heterocycles. The third-order valence-corrected chi connectivity index (χ3v) is 4.29. The Bertz CT molecular complexity index is 867. The van der Waals surface area contributed by atoms with Gasteiger partial charge in [-0.25, -0.2) is 22.4 Å². The Morgan fingerprint density at radius 3 is 2.19 bits per heavy atom. The molecule has 0 saturated carbocycles. The summed E-state index contributed by atoms with van der Waals surface area (Å²) in [6.07, 6.45) is 0.182. The average molecular weight is 381 g/mol. The highest BCUT2D eigenvalue weighted by molar-refractivity contribution is 5.93. The highest BCUT2D eigenvalue weighted by Gasteiger charge is 2.33. The minimum Gasteiger partial charge on any atom is -0.444 e. The number of halogens is 4. The van der Waals surface area contributed by atoms with Crippen molar-refractivity contribution in [3.05, 3.63) is 70.8 Å². The fourth-order valence-electron chi connectivity index (χ4n) is 2.88. The van der Waals surface area contributed by atoms with Crippen molar-refractivity contribution >= 4 is 11.9 Å². The average Bonchev–Trinajstić information content (AvgIpc) is 3.22. The van der Waals surface area contributed by atoms with Crippen molar-refractivity contribution in [3.63, 3.8) is 0 Å². The van der Waals surface area contributed by atoms with Crippen molar-refractivity contribution < 1.29 is 31.9 Å². The second-order valence-corrected chi connectivity index (χ2v) is 6.08. The van der Waals surface area contributed by atoms with Gasteiger partial charge in [0.25, 0.3) is 5.91 Å². The van der Waals surface area contributed by atoms with Crippen molar-refractivity contribution in [3.8, 4) is 0 Å². The molecule has 1 aliphatic rings. The molecule has 1 fully saturated rings. The second-order valence-electron chi connectivity index (χ2n) is 6.08. The van der Waals surface area contributed by atoms with E-state index in [9.17, 15) is 27.2 Å². The first-order valence-corrected chi connectivity index (χ1v) is 8.28. The Balaban J connectivity index is 1.92. The zero-order valence-corrected chi connectivity index (χ0v) is 14.1. The maximum atomic E-state index is 13.9. The molecule has 2 aromatic carbocycles. The van der Waals surface area contributed by atoms with Crippen LogP contribution in [0.2, 0.25) is 0 Å². The normalized spacial score (nSPS) is 14.9. The molecule has 3 rings (SSSR count). The number of ether oxygens (including phenoxy) is 1. The summed E-state index contributed by atoms with van der Waals surface area (Å²) in [6, 6.07) is 8.20. The van der Waals surface area contributed by atoms with E-state index in [1.54, 1.807) is 18.2 Å². The maximum Gasteiger partial charge on any atom is 0.342 e. The summed E-state index contributed by atoms with van der Waals surface area (Å²) in [7, 11) is 0. The molecule has 0 spiro atoms. The summed E-state index contributed by atoms with van der Waals surface area (Å²) >= 11 is 0. The van der Waals surface area contributed by atoms with Crippen LogP contribution in [-0.2, 0) is 9.53 Å². The topological polar surface area (TPSA) is 46.6 Å². The lowest BCUT2D eigenvalue weighted by Crippen LogP contribution is -2.35. The third kappa shape index (κ3) is 3.79. The molecule has 2 aromatic rings. The third-order valence-electron chi connectivity index (χ3n) is 4.29. The van der Waals surface area contributed by atoms with Crippen molar-refractivity contribution in [2.75, 3.05) is 13.1 Å². The summed E-state index contributed by atoms with van der Waals surface area (Å²) in [5.74, 6) is -9.74. The number of nitrogens with zero attached hydrogens (tertiary/aromatic N) is 1. The Labute approximate surface area is 152 Å². The molecule has 0 bridgehead atoms. The quantitative estimate of drug-likeness (QED) is 0.351. The highest BCUT2D eigenvalue weighted by atomic mass is 19.2. The number of benzene rings is 2. The molecule has 142 valence electrons. The summed E-state index contributed by atoms with van der Waals surface area (Å²) in [5.41, 5.74) is -0.798. The predicted molar refractivity (Wildman–Crippen MR) is 86.7 cm³/mol. The van der Waals surface area contributed by atoms with Gasteiger partial charge in [0.15, 0.2) is 23.3 Å². The van der Waals surface area contributed by atoms with Gasteiger partial charge in [0.2, 0.25) is 6.10 Å². The molecule has 4 nitrogen and oxygen atoms in total. The molecule has 0 unspecified atom stereocenters. The Hall–Kier alpha value is -2.90. The summed E-state index contributed by atoms with van der Waals surface area (Å²) in [6.45, 7) is 0.960. The monoisotopic (exact) mass is 381 g/mol. The lowest BCUT2D eigenvalue weighted by Gasteiger charge is -2.23. The number of rotatable bonds is 4. The number of amides is 1. The van der Waals surface area contributed by atoms with E-state index < -0.39 is 46.8 Å². The Morgan fingerprint density at radius 2 is 1.56 bits per heavy atom. The number of likely N-dealkylation sites (tertiary alicyclic amines) is 1. The van der Waals surface area contributed by atoms with Crippen LogP contribution >= 0.6 is 0 Å². The van der Waals surface area contributed by atoms with Gasteiger partial charge in [-0.3, -0.25) is 4.79 Å².